The second-order valence-corrected chi connectivity index (χ2v) is 4.44. The summed E-state index contributed by atoms with van der Waals surface area (Å²) in [6.07, 6.45) is 2.64. The molecule has 1 aliphatic rings. The number of hydrogen-bond donors (Lipinski definition) is 1. The van der Waals surface area contributed by atoms with Crippen LogP contribution in [0.15, 0.2) is 18.3 Å². The van der Waals surface area contributed by atoms with Crippen LogP contribution in [0.25, 0.3) is 0 Å². The Labute approximate surface area is 91.7 Å². The van der Waals surface area contributed by atoms with E-state index in [1.54, 1.807) is 0 Å². The summed E-state index contributed by atoms with van der Waals surface area (Å²) in [5.41, 5.74) is 0.214. The van der Waals surface area contributed by atoms with Gasteiger partial charge in [-0.05, 0) is 18.2 Å². The highest BCUT2D eigenvalue weighted by atomic mass is 32.2. The summed E-state index contributed by atoms with van der Waals surface area (Å²) in [7, 11) is 0. The Morgan fingerprint density at radius 1 is 1.67 bits per heavy atom. The van der Waals surface area contributed by atoms with Gasteiger partial charge in [-0.2, -0.15) is 11.8 Å². The lowest BCUT2D eigenvalue weighted by Gasteiger charge is -2.11. The molecule has 0 unspecified atom stereocenters. The van der Waals surface area contributed by atoms with E-state index < -0.39 is 5.97 Å². The van der Waals surface area contributed by atoms with Crippen molar-refractivity contribution in [1.82, 2.24) is 4.98 Å². The molecule has 5 heteroatoms. The number of rotatable bonds is 3. The third-order valence-corrected chi connectivity index (χ3v) is 3.29. The van der Waals surface area contributed by atoms with E-state index in [2.05, 4.69) is 4.98 Å². The molecular formula is C10H11NO3S. The number of nitrogens with zero attached hydrogens (tertiary/aromatic N) is 1. The summed E-state index contributed by atoms with van der Waals surface area (Å²) in [5, 5.41) is 8.78. The minimum atomic E-state index is -0.956. The van der Waals surface area contributed by atoms with Gasteiger partial charge in [0.2, 0.25) is 5.88 Å². The van der Waals surface area contributed by atoms with E-state index in [0.29, 0.717) is 5.88 Å². The van der Waals surface area contributed by atoms with Crippen molar-refractivity contribution in [1.29, 1.82) is 0 Å². The van der Waals surface area contributed by atoms with E-state index in [0.717, 1.165) is 17.9 Å². The van der Waals surface area contributed by atoms with E-state index in [-0.39, 0.29) is 11.7 Å². The second-order valence-electron chi connectivity index (χ2n) is 3.29. The van der Waals surface area contributed by atoms with Gasteiger partial charge in [-0.1, -0.05) is 0 Å². The van der Waals surface area contributed by atoms with Crippen LogP contribution in [0.4, 0.5) is 0 Å². The largest absolute Gasteiger partial charge is 0.478 e. The number of thioether (sulfide) groups is 1. The van der Waals surface area contributed by atoms with Crippen molar-refractivity contribution in [3.8, 4) is 5.88 Å². The molecular weight excluding hydrogens is 214 g/mol. The quantitative estimate of drug-likeness (QED) is 0.847. The lowest BCUT2D eigenvalue weighted by molar-refractivity contribution is 0.0695. The summed E-state index contributed by atoms with van der Waals surface area (Å²) in [4.78, 5) is 14.7. The molecule has 1 aromatic heterocycles. The van der Waals surface area contributed by atoms with Gasteiger partial charge in [-0.15, -0.1) is 0 Å². The molecule has 0 radical (unpaired) electrons. The van der Waals surface area contributed by atoms with E-state index in [9.17, 15) is 4.79 Å². The molecule has 2 heterocycles. The van der Waals surface area contributed by atoms with Crippen LogP contribution in [0.3, 0.4) is 0 Å². The van der Waals surface area contributed by atoms with Crippen molar-refractivity contribution in [2.45, 2.75) is 12.5 Å². The third kappa shape index (κ3) is 2.62. The first-order valence-corrected chi connectivity index (χ1v) is 5.85. The zero-order valence-electron chi connectivity index (χ0n) is 8.05. The lowest BCUT2D eigenvalue weighted by atomic mass is 10.2. The summed E-state index contributed by atoms with van der Waals surface area (Å²) >= 11 is 1.84. The summed E-state index contributed by atoms with van der Waals surface area (Å²) in [6, 6.07) is 2.92. The van der Waals surface area contributed by atoms with Crippen LogP contribution < -0.4 is 4.74 Å². The Bertz CT molecular complexity index is 363. The third-order valence-electron chi connectivity index (χ3n) is 2.16. The van der Waals surface area contributed by atoms with Crippen molar-refractivity contribution in [3.05, 3.63) is 23.9 Å². The molecule has 0 saturated carbocycles. The van der Waals surface area contributed by atoms with E-state index in [4.69, 9.17) is 9.84 Å². The zero-order valence-corrected chi connectivity index (χ0v) is 8.87. The molecule has 0 amide bonds. The first-order chi connectivity index (χ1) is 7.25. The van der Waals surface area contributed by atoms with Gasteiger partial charge < -0.3 is 9.84 Å². The van der Waals surface area contributed by atoms with Crippen molar-refractivity contribution < 1.29 is 14.6 Å². The minimum absolute atomic E-state index is 0.173. The summed E-state index contributed by atoms with van der Waals surface area (Å²) in [6.45, 7) is 0. The molecule has 4 nitrogen and oxygen atoms in total. The van der Waals surface area contributed by atoms with Crippen LogP contribution in [0, 0.1) is 0 Å². The predicted octanol–water partition coefficient (Wildman–Crippen LogP) is 1.66. The van der Waals surface area contributed by atoms with E-state index in [1.165, 1.54) is 18.3 Å². The normalized spacial score (nSPS) is 20.1. The van der Waals surface area contributed by atoms with Crippen LogP contribution in [0.5, 0.6) is 5.88 Å². The van der Waals surface area contributed by atoms with Crippen molar-refractivity contribution in [2.24, 2.45) is 0 Å². The molecule has 0 bridgehead atoms. The smallest absolute Gasteiger partial charge is 0.335 e. The highest BCUT2D eigenvalue weighted by Crippen LogP contribution is 2.22. The first-order valence-electron chi connectivity index (χ1n) is 4.69. The molecule has 1 fully saturated rings. The van der Waals surface area contributed by atoms with E-state index in [1.807, 2.05) is 11.8 Å². The van der Waals surface area contributed by atoms with Gasteiger partial charge in [0.15, 0.2) is 0 Å². The fraction of sp³-hybridized carbons (Fsp3) is 0.400. The van der Waals surface area contributed by atoms with Crippen LogP contribution in [0.1, 0.15) is 16.8 Å². The van der Waals surface area contributed by atoms with Crippen molar-refractivity contribution in [3.63, 3.8) is 0 Å². The number of aromatic carboxylic acids is 1. The molecule has 1 atom stereocenters. The molecule has 1 saturated heterocycles. The molecule has 0 spiro atoms. The topological polar surface area (TPSA) is 59.4 Å². The second kappa shape index (κ2) is 4.53. The standard InChI is InChI=1S/C10H11NO3S/c12-10(13)7-1-3-11-9(5-7)14-8-2-4-15-6-8/h1,3,5,8H,2,4,6H2,(H,12,13)/t8-/m1/s1. The van der Waals surface area contributed by atoms with Gasteiger partial charge in [0.25, 0.3) is 0 Å². The van der Waals surface area contributed by atoms with Crippen LogP contribution in [0.2, 0.25) is 0 Å². The summed E-state index contributed by atoms with van der Waals surface area (Å²) < 4.78 is 5.57. The SMILES string of the molecule is O=C(O)c1ccnc(O[C@@H]2CCSC2)c1. The highest BCUT2D eigenvalue weighted by molar-refractivity contribution is 7.99. The molecule has 0 aliphatic carbocycles. The lowest BCUT2D eigenvalue weighted by Crippen LogP contribution is -2.15. The number of carbonyl (C=O) groups is 1. The molecule has 15 heavy (non-hydrogen) atoms. The van der Waals surface area contributed by atoms with E-state index >= 15 is 0 Å². The zero-order chi connectivity index (χ0) is 10.7. The van der Waals surface area contributed by atoms with Crippen molar-refractivity contribution in [2.75, 3.05) is 11.5 Å². The molecule has 1 N–H and O–H groups in total. The molecule has 1 aromatic rings. The van der Waals surface area contributed by atoms with Gasteiger partial charge in [0.1, 0.15) is 6.10 Å². The molecule has 80 valence electrons. The van der Waals surface area contributed by atoms with Crippen LogP contribution in [-0.4, -0.2) is 33.7 Å². The van der Waals surface area contributed by atoms with Gasteiger partial charge in [0.05, 0.1) is 5.56 Å². The Morgan fingerprint density at radius 3 is 3.20 bits per heavy atom. The number of hydrogen-bond acceptors (Lipinski definition) is 4. The maximum atomic E-state index is 10.7. The number of pyridine rings is 1. The highest BCUT2D eigenvalue weighted by Gasteiger charge is 2.17. The maximum Gasteiger partial charge on any atom is 0.335 e. The average Bonchev–Trinajstić information content (AvgIpc) is 2.71. The number of ether oxygens (including phenoxy) is 1. The number of carboxylic acids is 1. The Hall–Kier alpha value is -1.23. The monoisotopic (exact) mass is 225 g/mol. The van der Waals surface area contributed by atoms with Gasteiger partial charge >= 0.3 is 5.97 Å². The van der Waals surface area contributed by atoms with Crippen LogP contribution >= 0.6 is 11.8 Å². The Morgan fingerprint density at radius 2 is 2.53 bits per heavy atom. The number of carboxylic acid groups (broad SMARTS) is 1. The van der Waals surface area contributed by atoms with Crippen molar-refractivity contribution >= 4 is 17.7 Å². The fourth-order valence-corrected chi connectivity index (χ4v) is 2.48. The molecule has 2 rings (SSSR count). The maximum absolute atomic E-state index is 10.7. The first kappa shape index (κ1) is 10.3. The Balaban J connectivity index is 2.07. The van der Waals surface area contributed by atoms with Crippen LogP contribution in [-0.2, 0) is 0 Å². The van der Waals surface area contributed by atoms with Gasteiger partial charge in [-0.25, -0.2) is 9.78 Å². The fourth-order valence-electron chi connectivity index (χ4n) is 1.38. The average molecular weight is 225 g/mol. The molecule has 1 aliphatic heterocycles. The predicted molar refractivity (Wildman–Crippen MR) is 57.6 cm³/mol. The summed E-state index contributed by atoms with van der Waals surface area (Å²) in [5.74, 6) is 1.51. The van der Waals surface area contributed by atoms with Gasteiger partial charge in [-0.3, -0.25) is 0 Å². The minimum Gasteiger partial charge on any atom is -0.478 e. The number of aromatic nitrogens is 1. The molecule has 0 aromatic carbocycles. The van der Waals surface area contributed by atoms with Gasteiger partial charge in [0, 0.05) is 18.0 Å². The Kier molecular flexibility index (Phi) is 3.11.